The van der Waals surface area contributed by atoms with Crippen LogP contribution in [0.3, 0.4) is 0 Å². The lowest BCUT2D eigenvalue weighted by Crippen LogP contribution is -2.42. The number of carbonyl (C=O) groups is 1. The van der Waals surface area contributed by atoms with Gasteiger partial charge in [0.2, 0.25) is 0 Å². The van der Waals surface area contributed by atoms with Crippen molar-refractivity contribution in [2.75, 3.05) is 0 Å². The van der Waals surface area contributed by atoms with Crippen LogP contribution >= 0.6 is 0 Å². The van der Waals surface area contributed by atoms with Crippen molar-refractivity contribution in [3.8, 4) is 0 Å². The first-order chi connectivity index (χ1) is 9.17. The molecule has 0 radical (unpaired) electrons. The molecule has 0 heterocycles. The molecule has 0 amide bonds. The predicted molar refractivity (Wildman–Crippen MR) is 76.5 cm³/mol. The Bertz CT molecular complexity index is 510. The summed E-state index contributed by atoms with van der Waals surface area (Å²) >= 11 is 0. The standard InChI is InChI=1S/C18H22O/c1-18-9-2-3-17(18)16-6-4-12-11-13(19)5-7-14(12)15(16)8-10-18/h4-7,11,14-17H,2-3,8-10H2,1H3/t14-,15+,16+,17-,18-/m0/s1. The molecule has 4 aliphatic rings. The maximum Gasteiger partial charge on any atom is 0.178 e. The van der Waals surface area contributed by atoms with E-state index < -0.39 is 0 Å². The van der Waals surface area contributed by atoms with Gasteiger partial charge in [-0.2, -0.15) is 0 Å². The van der Waals surface area contributed by atoms with Gasteiger partial charge in [0.25, 0.3) is 0 Å². The molecular weight excluding hydrogens is 232 g/mol. The monoisotopic (exact) mass is 254 g/mol. The SMILES string of the molecule is C[C@@]12CCC[C@H]1[C@@H]1C=CC3=CC(=O)C=C[C@@H]3[C@H]1CC2. The van der Waals surface area contributed by atoms with Gasteiger partial charge in [-0.15, -0.1) is 0 Å². The van der Waals surface area contributed by atoms with Crippen molar-refractivity contribution in [3.63, 3.8) is 0 Å². The third-order valence-electron chi connectivity index (χ3n) is 6.30. The van der Waals surface area contributed by atoms with E-state index in [0.29, 0.717) is 11.3 Å². The van der Waals surface area contributed by atoms with Gasteiger partial charge in [-0.25, -0.2) is 0 Å². The van der Waals surface area contributed by atoms with Crippen molar-refractivity contribution in [1.82, 2.24) is 0 Å². The van der Waals surface area contributed by atoms with Gasteiger partial charge in [0.15, 0.2) is 5.78 Å². The van der Waals surface area contributed by atoms with Crippen LogP contribution in [0.1, 0.15) is 39.0 Å². The van der Waals surface area contributed by atoms with Crippen LogP contribution in [0.5, 0.6) is 0 Å². The second-order valence-corrected chi connectivity index (χ2v) is 7.22. The van der Waals surface area contributed by atoms with E-state index in [-0.39, 0.29) is 5.78 Å². The normalized spacial score (nSPS) is 47.4. The minimum atomic E-state index is 0.163. The molecule has 0 aromatic rings. The number of ketones is 1. The maximum atomic E-state index is 11.5. The van der Waals surface area contributed by atoms with Crippen LogP contribution in [0.4, 0.5) is 0 Å². The highest BCUT2D eigenvalue weighted by atomic mass is 16.1. The van der Waals surface area contributed by atoms with Gasteiger partial charge in [0.05, 0.1) is 0 Å². The third-order valence-corrected chi connectivity index (χ3v) is 6.30. The van der Waals surface area contributed by atoms with Crippen LogP contribution in [0, 0.1) is 29.1 Å². The number of hydrogen-bond acceptors (Lipinski definition) is 1. The first-order valence-electron chi connectivity index (χ1n) is 7.79. The fraction of sp³-hybridized carbons (Fsp3) is 0.611. The zero-order chi connectivity index (χ0) is 13.0. The average Bonchev–Trinajstić information content (AvgIpc) is 2.79. The van der Waals surface area contributed by atoms with Gasteiger partial charge >= 0.3 is 0 Å². The molecule has 0 aromatic carbocycles. The smallest absolute Gasteiger partial charge is 0.178 e. The molecule has 5 atom stereocenters. The number of allylic oxidation sites excluding steroid dienone is 6. The Morgan fingerprint density at radius 3 is 2.95 bits per heavy atom. The van der Waals surface area contributed by atoms with Crippen LogP contribution in [0.25, 0.3) is 0 Å². The average molecular weight is 254 g/mol. The lowest BCUT2D eigenvalue weighted by Gasteiger charge is -2.49. The van der Waals surface area contributed by atoms with Gasteiger partial charge < -0.3 is 0 Å². The fourth-order valence-electron chi connectivity index (χ4n) is 5.30. The highest BCUT2D eigenvalue weighted by Crippen LogP contribution is 2.59. The second-order valence-electron chi connectivity index (χ2n) is 7.22. The van der Waals surface area contributed by atoms with Gasteiger partial charge in [-0.3, -0.25) is 4.79 Å². The molecule has 0 aliphatic heterocycles. The Kier molecular flexibility index (Phi) is 2.43. The summed E-state index contributed by atoms with van der Waals surface area (Å²) in [4.78, 5) is 11.5. The summed E-state index contributed by atoms with van der Waals surface area (Å²) in [6.07, 6.45) is 17.5. The molecule has 0 saturated heterocycles. The van der Waals surface area contributed by atoms with E-state index in [9.17, 15) is 4.79 Å². The molecule has 19 heavy (non-hydrogen) atoms. The van der Waals surface area contributed by atoms with Crippen LogP contribution < -0.4 is 0 Å². The van der Waals surface area contributed by atoms with Crippen molar-refractivity contribution in [1.29, 1.82) is 0 Å². The van der Waals surface area contributed by atoms with Gasteiger partial charge in [-0.1, -0.05) is 31.6 Å². The number of hydrogen-bond donors (Lipinski definition) is 0. The maximum absolute atomic E-state index is 11.5. The van der Waals surface area contributed by atoms with Crippen LogP contribution in [0.2, 0.25) is 0 Å². The van der Waals surface area contributed by atoms with Crippen molar-refractivity contribution >= 4 is 5.78 Å². The van der Waals surface area contributed by atoms with Crippen LogP contribution in [-0.4, -0.2) is 5.78 Å². The minimum Gasteiger partial charge on any atom is -0.290 e. The van der Waals surface area contributed by atoms with E-state index in [1.165, 1.54) is 37.7 Å². The highest BCUT2D eigenvalue weighted by Gasteiger charge is 2.50. The molecule has 0 aromatic heterocycles. The fourth-order valence-corrected chi connectivity index (χ4v) is 5.30. The first-order valence-corrected chi connectivity index (χ1v) is 7.79. The molecule has 1 heteroatoms. The van der Waals surface area contributed by atoms with Crippen LogP contribution in [-0.2, 0) is 4.79 Å². The minimum absolute atomic E-state index is 0.163. The highest BCUT2D eigenvalue weighted by molar-refractivity contribution is 6.01. The summed E-state index contributed by atoms with van der Waals surface area (Å²) in [5, 5.41) is 0. The molecular formula is C18H22O. The second kappa shape index (κ2) is 3.94. The summed E-state index contributed by atoms with van der Waals surface area (Å²) in [7, 11) is 0. The van der Waals surface area contributed by atoms with E-state index in [0.717, 1.165) is 17.8 Å². The predicted octanol–water partition coefficient (Wildman–Crippen LogP) is 4.07. The Hall–Kier alpha value is -1.11. The molecule has 100 valence electrons. The largest absolute Gasteiger partial charge is 0.290 e. The van der Waals surface area contributed by atoms with E-state index in [4.69, 9.17) is 0 Å². The zero-order valence-electron chi connectivity index (χ0n) is 11.6. The summed E-state index contributed by atoms with van der Waals surface area (Å²) in [5.41, 5.74) is 1.86. The van der Waals surface area contributed by atoms with Gasteiger partial charge in [0.1, 0.15) is 0 Å². The molecule has 0 spiro atoms. The Morgan fingerprint density at radius 1 is 1.16 bits per heavy atom. The van der Waals surface area contributed by atoms with Gasteiger partial charge in [0, 0.05) is 5.92 Å². The topological polar surface area (TPSA) is 17.1 Å². The van der Waals surface area contributed by atoms with E-state index in [1.54, 1.807) is 6.08 Å². The van der Waals surface area contributed by atoms with E-state index in [2.05, 4.69) is 25.2 Å². The molecule has 4 aliphatic carbocycles. The van der Waals surface area contributed by atoms with Crippen molar-refractivity contribution < 1.29 is 4.79 Å². The van der Waals surface area contributed by atoms with E-state index in [1.807, 2.05) is 6.08 Å². The zero-order valence-corrected chi connectivity index (χ0v) is 11.6. The Morgan fingerprint density at radius 2 is 2.05 bits per heavy atom. The summed E-state index contributed by atoms with van der Waals surface area (Å²) in [6.45, 7) is 2.51. The summed E-state index contributed by atoms with van der Waals surface area (Å²) < 4.78 is 0. The number of fused-ring (bicyclic) bond motifs is 5. The van der Waals surface area contributed by atoms with E-state index >= 15 is 0 Å². The molecule has 2 saturated carbocycles. The Balaban J connectivity index is 1.72. The molecule has 0 unspecified atom stereocenters. The quantitative estimate of drug-likeness (QED) is 0.637. The molecule has 4 rings (SSSR count). The number of carbonyl (C=O) groups excluding carboxylic acids is 1. The van der Waals surface area contributed by atoms with Crippen molar-refractivity contribution in [2.45, 2.75) is 39.0 Å². The summed E-state index contributed by atoms with van der Waals surface area (Å²) in [6, 6.07) is 0. The molecule has 0 bridgehead atoms. The lowest BCUT2D eigenvalue weighted by molar-refractivity contribution is -0.110. The van der Waals surface area contributed by atoms with Crippen molar-refractivity contribution in [2.24, 2.45) is 29.1 Å². The molecule has 2 fully saturated rings. The summed E-state index contributed by atoms with van der Waals surface area (Å²) in [5.74, 6) is 3.06. The molecule has 1 nitrogen and oxygen atoms in total. The van der Waals surface area contributed by atoms with Crippen molar-refractivity contribution in [3.05, 3.63) is 36.0 Å². The van der Waals surface area contributed by atoms with Crippen LogP contribution in [0.15, 0.2) is 36.0 Å². The molecule has 0 N–H and O–H groups in total. The van der Waals surface area contributed by atoms with Gasteiger partial charge in [-0.05, 0) is 66.6 Å². The first kappa shape index (κ1) is 11.7. The Labute approximate surface area is 115 Å². The number of rotatable bonds is 0. The third kappa shape index (κ3) is 1.63. The lowest BCUT2D eigenvalue weighted by atomic mass is 9.55.